The monoisotopic (exact) mass is 279 g/mol. The molecule has 2 heterocycles. The fourth-order valence-electron chi connectivity index (χ4n) is 3.09. The van der Waals surface area contributed by atoms with Gasteiger partial charge in [-0.05, 0) is 38.0 Å². The van der Waals surface area contributed by atoms with Gasteiger partial charge in [0.05, 0.1) is 5.92 Å². The molecule has 1 N–H and O–H groups in total. The fraction of sp³-hybridized carbons (Fsp3) is 0.867. The Bertz CT molecular complexity index is 455. The molecule has 3 rings (SSSR count). The Morgan fingerprint density at radius 1 is 1.25 bits per heavy atom. The minimum Gasteiger partial charge on any atom is -0.367 e. The van der Waals surface area contributed by atoms with E-state index in [1.807, 2.05) is 6.92 Å². The van der Waals surface area contributed by atoms with Crippen LogP contribution in [0.3, 0.4) is 0 Å². The smallest absolute Gasteiger partial charge is 0.232 e. The van der Waals surface area contributed by atoms with Crippen molar-refractivity contribution in [1.82, 2.24) is 15.5 Å². The largest absolute Gasteiger partial charge is 0.367 e. The SMILES string of the molecule is CCOC1(c2noc(C3CNC3)n2)CCC(C)(C)CC1. The average molecular weight is 279 g/mol. The molecule has 2 fully saturated rings. The summed E-state index contributed by atoms with van der Waals surface area (Å²) in [7, 11) is 0. The van der Waals surface area contributed by atoms with Crippen molar-refractivity contribution in [3.8, 4) is 0 Å². The number of rotatable bonds is 4. The molecule has 5 nitrogen and oxygen atoms in total. The van der Waals surface area contributed by atoms with Crippen LogP contribution in [0.4, 0.5) is 0 Å². The van der Waals surface area contributed by atoms with E-state index in [-0.39, 0.29) is 5.60 Å². The number of hydrogen-bond donors (Lipinski definition) is 1. The molecule has 1 saturated heterocycles. The molecule has 1 aromatic rings. The molecule has 0 unspecified atom stereocenters. The van der Waals surface area contributed by atoms with Crippen LogP contribution in [0.25, 0.3) is 0 Å². The molecular formula is C15H25N3O2. The lowest BCUT2D eigenvalue weighted by Crippen LogP contribution is -2.40. The van der Waals surface area contributed by atoms with Gasteiger partial charge in [0.15, 0.2) is 0 Å². The highest BCUT2D eigenvalue weighted by Gasteiger charge is 2.44. The predicted octanol–water partition coefficient (Wildman–Crippen LogP) is 2.59. The third kappa shape index (κ3) is 2.49. The number of nitrogens with one attached hydrogen (secondary N) is 1. The summed E-state index contributed by atoms with van der Waals surface area (Å²) in [6.45, 7) is 9.26. The van der Waals surface area contributed by atoms with E-state index >= 15 is 0 Å². The van der Waals surface area contributed by atoms with E-state index in [1.165, 1.54) is 0 Å². The fourth-order valence-corrected chi connectivity index (χ4v) is 3.09. The van der Waals surface area contributed by atoms with Crippen molar-refractivity contribution >= 4 is 0 Å². The van der Waals surface area contributed by atoms with Crippen LogP contribution in [0.5, 0.6) is 0 Å². The number of nitrogens with zero attached hydrogens (tertiary/aromatic N) is 2. The van der Waals surface area contributed by atoms with Crippen molar-refractivity contribution in [3.05, 3.63) is 11.7 Å². The van der Waals surface area contributed by atoms with Crippen LogP contribution in [0, 0.1) is 5.41 Å². The van der Waals surface area contributed by atoms with Crippen molar-refractivity contribution < 1.29 is 9.26 Å². The summed E-state index contributed by atoms with van der Waals surface area (Å²) in [6, 6.07) is 0. The van der Waals surface area contributed by atoms with Gasteiger partial charge in [0.25, 0.3) is 0 Å². The standard InChI is InChI=1S/C15H25N3O2/c1-4-19-15(7-5-14(2,3)6-8-15)13-17-12(20-18-13)11-9-16-10-11/h11,16H,4-10H2,1-3H3. The van der Waals surface area contributed by atoms with Crippen LogP contribution in [-0.2, 0) is 10.3 Å². The minimum absolute atomic E-state index is 0.330. The van der Waals surface area contributed by atoms with Gasteiger partial charge in [0.2, 0.25) is 11.7 Å². The van der Waals surface area contributed by atoms with Gasteiger partial charge in [-0.3, -0.25) is 0 Å². The van der Waals surface area contributed by atoms with Crippen molar-refractivity contribution in [3.63, 3.8) is 0 Å². The summed E-state index contributed by atoms with van der Waals surface area (Å²) in [4.78, 5) is 4.65. The molecule has 0 aromatic carbocycles. The molecule has 0 amide bonds. The first-order valence-corrected chi connectivity index (χ1v) is 7.73. The van der Waals surface area contributed by atoms with Gasteiger partial charge in [0.1, 0.15) is 5.60 Å². The normalized spacial score (nSPS) is 25.4. The van der Waals surface area contributed by atoms with E-state index in [0.29, 0.717) is 17.9 Å². The summed E-state index contributed by atoms with van der Waals surface area (Å²) >= 11 is 0. The second kappa shape index (κ2) is 5.11. The molecule has 5 heteroatoms. The highest BCUT2D eigenvalue weighted by molar-refractivity contribution is 5.08. The van der Waals surface area contributed by atoms with Gasteiger partial charge < -0.3 is 14.6 Å². The zero-order valence-electron chi connectivity index (χ0n) is 12.7. The minimum atomic E-state index is -0.330. The Morgan fingerprint density at radius 2 is 1.95 bits per heavy atom. The van der Waals surface area contributed by atoms with E-state index in [2.05, 4.69) is 29.3 Å². The van der Waals surface area contributed by atoms with Gasteiger partial charge in [-0.2, -0.15) is 4.98 Å². The lowest BCUT2D eigenvalue weighted by molar-refractivity contribution is -0.0957. The second-order valence-corrected chi connectivity index (χ2v) is 6.90. The van der Waals surface area contributed by atoms with E-state index in [1.54, 1.807) is 0 Å². The molecular weight excluding hydrogens is 254 g/mol. The molecule has 0 radical (unpaired) electrons. The molecule has 0 bridgehead atoms. The van der Waals surface area contributed by atoms with Crippen LogP contribution >= 0.6 is 0 Å². The second-order valence-electron chi connectivity index (χ2n) is 6.90. The Morgan fingerprint density at radius 3 is 2.50 bits per heavy atom. The molecule has 1 aliphatic heterocycles. The van der Waals surface area contributed by atoms with Gasteiger partial charge in [-0.1, -0.05) is 19.0 Å². The van der Waals surface area contributed by atoms with Crippen molar-refractivity contribution in [2.45, 2.75) is 58.0 Å². The van der Waals surface area contributed by atoms with Crippen LogP contribution in [0.15, 0.2) is 4.52 Å². The van der Waals surface area contributed by atoms with E-state index in [4.69, 9.17) is 9.26 Å². The van der Waals surface area contributed by atoms with Crippen molar-refractivity contribution in [2.75, 3.05) is 19.7 Å². The van der Waals surface area contributed by atoms with E-state index in [0.717, 1.165) is 50.5 Å². The third-order valence-corrected chi connectivity index (χ3v) is 4.81. The van der Waals surface area contributed by atoms with Gasteiger partial charge in [0, 0.05) is 19.7 Å². The van der Waals surface area contributed by atoms with E-state index in [9.17, 15) is 0 Å². The van der Waals surface area contributed by atoms with E-state index < -0.39 is 0 Å². The van der Waals surface area contributed by atoms with Gasteiger partial charge in [-0.25, -0.2) is 0 Å². The summed E-state index contributed by atoms with van der Waals surface area (Å²) in [6.07, 6.45) is 4.25. The van der Waals surface area contributed by atoms with Gasteiger partial charge >= 0.3 is 0 Å². The maximum absolute atomic E-state index is 6.09. The topological polar surface area (TPSA) is 60.2 Å². The third-order valence-electron chi connectivity index (χ3n) is 4.81. The van der Waals surface area contributed by atoms with Crippen LogP contribution < -0.4 is 5.32 Å². The number of ether oxygens (including phenoxy) is 1. The average Bonchev–Trinajstić information content (AvgIpc) is 2.80. The maximum atomic E-state index is 6.09. The first-order valence-electron chi connectivity index (χ1n) is 7.73. The maximum Gasteiger partial charge on any atom is 0.232 e. The van der Waals surface area contributed by atoms with Crippen molar-refractivity contribution in [2.24, 2.45) is 5.41 Å². The summed E-state index contributed by atoms with van der Waals surface area (Å²) in [5.74, 6) is 1.91. The Labute approximate surface area is 120 Å². The van der Waals surface area contributed by atoms with Crippen LogP contribution in [0.1, 0.15) is 64.1 Å². The summed E-state index contributed by atoms with van der Waals surface area (Å²) in [5.41, 5.74) is 0.0637. The molecule has 1 aromatic heterocycles. The van der Waals surface area contributed by atoms with Crippen molar-refractivity contribution in [1.29, 1.82) is 0 Å². The Hall–Kier alpha value is -0.940. The molecule has 1 aliphatic carbocycles. The first kappa shape index (κ1) is 14.0. The number of aromatic nitrogens is 2. The molecule has 1 saturated carbocycles. The zero-order chi connectivity index (χ0) is 14.2. The molecule has 112 valence electrons. The highest BCUT2D eigenvalue weighted by atomic mass is 16.5. The molecule has 20 heavy (non-hydrogen) atoms. The zero-order valence-corrected chi connectivity index (χ0v) is 12.7. The lowest BCUT2D eigenvalue weighted by Gasteiger charge is -2.41. The Balaban J connectivity index is 1.81. The molecule has 2 aliphatic rings. The quantitative estimate of drug-likeness (QED) is 0.918. The molecule has 0 atom stereocenters. The van der Waals surface area contributed by atoms with Crippen LogP contribution in [-0.4, -0.2) is 29.8 Å². The molecule has 0 spiro atoms. The summed E-state index contributed by atoms with van der Waals surface area (Å²) < 4.78 is 11.6. The predicted molar refractivity (Wildman–Crippen MR) is 75.5 cm³/mol. The Kier molecular flexibility index (Phi) is 3.58. The van der Waals surface area contributed by atoms with Crippen LogP contribution in [0.2, 0.25) is 0 Å². The number of hydrogen-bond acceptors (Lipinski definition) is 5. The first-order chi connectivity index (χ1) is 9.55. The summed E-state index contributed by atoms with van der Waals surface area (Å²) in [5, 5.41) is 7.48. The highest BCUT2D eigenvalue weighted by Crippen LogP contribution is 2.46. The van der Waals surface area contributed by atoms with Gasteiger partial charge in [-0.15, -0.1) is 0 Å². The lowest BCUT2D eigenvalue weighted by atomic mass is 9.70.